The van der Waals surface area contributed by atoms with Gasteiger partial charge in [0, 0.05) is 13.7 Å². The fourth-order valence-corrected chi connectivity index (χ4v) is 1.44. The molecule has 0 fully saturated rings. The van der Waals surface area contributed by atoms with Crippen LogP contribution in [0.5, 0.6) is 0 Å². The molecular formula is C13H24O4. The molecule has 0 aromatic rings. The molecule has 0 rings (SSSR count). The Labute approximate surface area is 104 Å². The predicted octanol–water partition coefficient (Wildman–Crippen LogP) is 2.06. The topological polar surface area (TPSA) is 55.8 Å². The van der Waals surface area contributed by atoms with E-state index >= 15 is 0 Å². The number of aliphatic hydroxyl groups excluding tert-OH is 1. The molecule has 0 spiro atoms. The second kappa shape index (κ2) is 10.3. The second-order valence-electron chi connectivity index (χ2n) is 3.99. The number of esters is 1. The average molecular weight is 244 g/mol. The van der Waals surface area contributed by atoms with Crippen molar-refractivity contribution in [1.29, 1.82) is 0 Å². The van der Waals surface area contributed by atoms with E-state index in [1.54, 1.807) is 14.0 Å². The number of allylic oxidation sites excluding steroid dienone is 2. The van der Waals surface area contributed by atoms with Gasteiger partial charge in [-0.2, -0.15) is 0 Å². The van der Waals surface area contributed by atoms with Crippen molar-refractivity contribution in [1.82, 2.24) is 0 Å². The first-order valence-corrected chi connectivity index (χ1v) is 6.11. The molecule has 0 bridgehead atoms. The minimum absolute atomic E-state index is 0.307. The first-order chi connectivity index (χ1) is 8.11. The molecule has 0 aromatic carbocycles. The van der Waals surface area contributed by atoms with E-state index in [9.17, 15) is 9.90 Å². The van der Waals surface area contributed by atoms with Crippen LogP contribution in [-0.2, 0) is 14.3 Å². The van der Waals surface area contributed by atoms with Crippen molar-refractivity contribution in [2.75, 3.05) is 20.3 Å². The van der Waals surface area contributed by atoms with Gasteiger partial charge in [-0.3, -0.25) is 0 Å². The fourth-order valence-electron chi connectivity index (χ4n) is 1.44. The highest BCUT2D eigenvalue weighted by Gasteiger charge is 2.14. The van der Waals surface area contributed by atoms with Crippen LogP contribution < -0.4 is 0 Å². The average Bonchev–Trinajstić information content (AvgIpc) is 2.29. The van der Waals surface area contributed by atoms with Gasteiger partial charge in [-0.1, -0.05) is 11.6 Å². The number of hydrogen-bond acceptors (Lipinski definition) is 4. The summed E-state index contributed by atoms with van der Waals surface area (Å²) in [7, 11) is 1.69. The Bertz CT molecular complexity index is 236. The third-order valence-corrected chi connectivity index (χ3v) is 2.41. The first-order valence-electron chi connectivity index (χ1n) is 6.11. The summed E-state index contributed by atoms with van der Waals surface area (Å²) in [5.74, 6) is -0.530. The summed E-state index contributed by atoms with van der Waals surface area (Å²) in [4.78, 5) is 11.1. The van der Waals surface area contributed by atoms with E-state index < -0.39 is 12.1 Å². The van der Waals surface area contributed by atoms with E-state index in [4.69, 9.17) is 9.47 Å². The van der Waals surface area contributed by atoms with Gasteiger partial charge in [0.15, 0.2) is 6.10 Å². The SMILES string of the molecule is CCOC(=O)C(O)CC/C=C(\C)CCCOC. The van der Waals surface area contributed by atoms with Crippen molar-refractivity contribution in [3.05, 3.63) is 11.6 Å². The van der Waals surface area contributed by atoms with E-state index in [0.717, 1.165) is 19.4 Å². The van der Waals surface area contributed by atoms with Crippen LogP contribution in [0.2, 0.25) is 0 Å². The highest BCUT2D eigenvalue weighted by Crippen LogP contribution is 2.08. The number of carbonyl (C=O) groups excluding carboxylic acids is 1. The Morgan fingerprint density at radius 1 is 1.47 bits per heavy atom. The minimum atomic E-state index is -1.00. The van der Waals surface area contributed by atoms with Gasteiger partial charge >= 0.3 is 5.97 Å². The van der Waals surface area contributed by atoms with Gasteiger partial charge in [-0.15, -0.1) is 0 Å². The molecular weight excluding hydrogens is 220 g/mol. The molecule has 0 saturated carbocycles. The molecule has 0 aromatic heterocycles. The normalized spacial score (nSPS) is 13.5. The zero-order valence-corrected chi connectivity index (χ0v) is 11.1. The van der Waals surface area contributed by atoms with E-state index in [-0.39, 0.29) is 0 Å². The maximum atomic E-state index is 11.1. The second-order valence-corrected chi connectivity index (χ2v) is 3.99. The van der Waals surface area contributed by atoms with Gasteiger partial charge < -0.3 is 14.6 Å². The molecule has 17 heavy (non-hydrogen) atoms. The van der Waals surface area contributed by atoms with Gasteiger partial charge in [-0.25, -0.2) is 4.79 Å². The molecule has 4 heteroatoms. The highest BCUT2D eigenvalue weighted by atomic mass is 16.5. The number of aliphatic hydroxyl groups is 1. The smallest absolute Gasteiger partial charge is 0.334 e. The molecule has 1 atom stereocenters. The zero-order chi connectivity index (χ0) is 13.1. The Morgan fingerprint density at radius 3 is 2.76 bits per heavy atom. The molecule has 0 heterocycles. The van der Waals surface area contributed by atoms with Gasteiger partial charge in [0.1, 0.15) is 0 Å². The molecule has 1 unspecified atom stereocenters. The predicted molar refractivity (Wildman–Crippen MR) is 66.7 cm³/mol. The van der Waals surface area contributed by atoms with Crippen LogP contribution in [0.3, 0.4) is 0 Å². The van der Waals surface area contributed by atoms with Crippen LogP contribution >= 0.6 is 0 Å². The summed E-state index contributed by atoms with van der Waals surface area (Å²) < 4.78 is 9.68. The first kappa shape index (κ1) is 16.1. The van der Waals surface area contributed by atoms with Crippen molar-refractivity contribution >= 4 is 5.97 Å². The number of methoxy groups -OCH3 is 1. The lowest BCUT2D eigenvalue weighted by molar-refractivity contribution is -0.153. The van der Waals surface area contributed by atoms with Crippen LogP contribution in [0.25, 0.3) is 0 Å². The van der Waals surface area contributed by atoms with E-state index in [0.29, 0.717) is 19.4 Å². The van der Waals surface area contributed by atoms with E-state index in [1.165, 1.54) is 5.57 Å². The molecule has 0 aliphatic carbocycles. The van der Waals surface area contributed by atoms with E-state index in [1.807, 2.05) is 6.92 Å². The van der Waals surface area contributed by atoms with Crippen LogP contribution in [0.4, 0.5) is 0 Å². The Hall–Kier alpha value is -0.870. The monoisotopic (exact) mass is 244 g/mol. The molecule has 0 amide bonds. The minimum Gasteiger partial charge on any atom is -0.464 e. The fraction of sp³-hybridized carbons (Fsp3) is 0.769. The van der Waals surface area contributed by atoms with Crippen molar-refractivity contribution in [3.8, 4) is 0 Å². The van der Waals surface area contributed by atoms with Gasteiger partial charge in [0.05, 0.1) is 6.61 Å². The molecule has 0 saturated heterocycles. The Morgan fingerprint density at radius 2 is 2.18 bits per heavy atom. The summed E-state index contributed by atoms with van der Waals surface area (Å²) in [5, 5.41) is 9.45. The zero-order valence-electron chi connectivity index (χ0n) is 11.1. The third kappa shape index (κ3) is 8.89. The van der Waals surface area contributed by atoms with Crippen LogP contribution in [-0.4, -0.2) is 37.5 Å². The Kier molecular flexibility index (Phi) is 9.77. The Balaban J connectivity index is 3.72. The van der Waals surface area contributed by atoms with Crippen LogP contribution in [0, 0.1) is 0 Å². The summed E-state index contributed by atoms with van der Waals surface area (Å²) in [5.41, 5.74) is 1.26. The highest BCUT2D eigenvalue weighted by molar-refractivity contribution is 5.74. The molecule has 0 radical (unpaired) electrons. The summed E-state index contributed by atoms with van der Waals surface area (Å²) in [6, 6.07) is 0. The molecule has 100 valence electrons. The summed E-state index contributed by atoms with van der Waals surface area (Å²) in [6.07, 6.45) is 4.15. The molecule has 0 aliphatic rings. The van der Waals surface area contributed by atoms with Crippen molar-refractivity contribution in [3.63, 3.8) is 0 Å². The summed E-state index contributed by atoms with van der Waals surface area (Å²) in [6.45, 7) is 4.84. The van der Waals surface area contributed by atoms with Crippen molar-refractivity contribution in [2.45, 2.75) is 45.6 Å². The largest absolute Gasteiger partial charge is 0.464 e. The van der Waals surface area contributed by atoms with Crippen LogP contribution in [0.1, 0.15) is 39.5 Å². The molecule has 0 aliphatic heterocycles. The van der Waals surface area contributed by atoms with Gasteiger partial charge in [0.2, 0.25) is 0 Å². The quantitative estimate of drug-likeness (QED) is 0.383. The number of ether oxygens (including phenoxy) is 2. The standard InChI is InChI=1S/C13H24O4/c1-4-17-13(15)12(14)9-5-7-11(2)8-6-10-16-3/h7,12,14H,4-6,8-10H2,1-3H3/b11-7+. The third-order valence-electron chi connectivity index (χ3n) is 2.41. The maximum Gasteiger partial charge on any atom is 0.334 e. The number of rotatable bonds is 9. The van der Waals surface area contributed by atoms with Crippen LogP contribution in [0.15, 0.2) is 11.6 Å². The van der Waals surface area contributed by atoms with Crippen molar-refractivity contribution in [2.24, 2.45) is 0 Å². The lowest BCUT2D eigenvalue weighted by Gasteiger charge is -2.08. The van der Waals surface area contributed by atoms with E-state index in [2.05, 4.69) is 6.08 Å². The lowest BCUT2D eigenvalue weighted by atomic mass is 10.1. The number of carbonyl (C=O) groups is 1. The van der Waals surface area contributed by atoms with Gasteiger partial charge in [0.25, 0.3) is 0 Å². The van der Waals surface area contributed by atoms with Crippen molar-refractivity contribution < 1.29 is 19.4 Å². The molecule has 1 N–H and O–H groups in total. The lowest BCUT2D eigenvalue weighted by Crippen LogP contribution is -2.22. The van der Waals surface area contributed by atoms with Gasteiger partial charge in [-0.05, 0) is 39.5 Å². The maximum absolute atomic E-state index is 11.1. The summed E-state index contributed by atoms with van der Waals surface area (Å²) >= 11 is 0. The number of hydrogen-bond donors (Lipinski definition) is 1. The molecule has 4 nitrogen and oxygen atoms in total.